The third kappa shape index (κ3) is 22.9. The van der Waals surface area contributed by atoms with E-state index in [9.17, 15) is 15.0 Å². The smallest absolute Gasteiger partial charge is 0.220 e. The lowest BCUT2D eigenvalue weighted by Crippen LogP contribution is -2.45. The summed E-state index contributed by atoms with van der Waals surface area (Å²) in [6.45, 7) is 4.26. The second-order valence-corrected chi connectivity index (χ2v) is 10.2. The van der Waals surface area contributed by atoms with Crippen LogP contribution in [0.2, 0.25) is 0 Å². The highest BCUT2D eigenvalue weighted by atomic mass is 16.3. The number of amides is 1. The number of carbonyl (C=O) groups is 1. The van der Waals surface area contributed by atoms with Crippen molar-refractivity contribution in [1.82, 2.24) is 5.32 Å². The van der Waals surface area contributed by atoms with Gasteiger partial charge in [-0.1, -0.05) is 142 Å². The van der Waals surface area contributed by atoms with E-state index in [2.05, 4.69) is 19.2 Å². The van der Waals surface area contributed by atoms with E-state index in [0.29, 0.717) is 6.42 Å². The minimum Gasteiger partial charge on any atom is -0.394 e. The molecule has 0 rings (SSSR count). The van der Waals surface area contributed by atoms with Gasteiger partial charge in [0.25, 0.3) is 0 Å². The van der Waals surface area contributed by atoms with Crippen molar-refractivity contribution >= 4 is 5.91 Å². The van der Waals surface area contributed by atoms with Gasteiger partial charge >= 0.3 is 0 Å². The van der Waals surface area contributed by atoms with Crippen LogP contribution in [0.5, 0.6) is 0 Å². The van der Waals surface area contributed by atoms with Gasteiger partial charge in [-0.05, 0) is 19.3 Å². The molecule has 0 saturated heterocycles. The fraction of sp³-hybridized carbons (Fsp3) is 0.900. The summed E-state index contributed by atoms with van der Waals surface area (Å²) in [6.07, 6.45) is 29.9. The van der Waals surface area contributed by atoms with E-state index in [0.717, 1.165) is 25.7 Å². The fourth-order valence-corrected chi connectivity index (χ4v) is 4.41. The molecule has 0 bridgehead atoms. The second kappa shape index (κ2) is 26.7. The van der Waals surface area contributed by atoms with E-state index >= 15 is 0 Å². The monoisotopic (exact) mass is 481 g/mol. The Bertz CT molecular complexity index is 452. The predicted molar refractivity (Wildman–Crippen MR) is 147 cm³/mol. The third-order valence-electron chi connectivity index (χ3n) is 6.77. The first-order chi connectivity index (χ1) is 16.7. The van der Waals surface area contributed by atoms with Gasteiger partial charge in [-0.2, -0.15) is 0 Å². The van der Waals surface area contributed by atoms with E-state index in [1.165, 1.54) is 109 Å². The summed E-state index contributed by atoms with van der Waals surface area (Å²) in [4.78, 5) is 12.2. The van der Waals surface area contributed by atoms with Crippen molar-refractivity contribution in [2.45, 2.75) is 167 Å². The van der Waals surface area contributed by atoms with Gasteiger partial charge in [0.1, 0.15) is 0 Å². The van der Waals surface area contributed by atoms with Gasteiger partial charge in [-0.15, -0.1) is 0 Å². The number of rotatable bonds is 26. The van der Waals surface area contributed by atoms with Crippen LogP contribution in [-0.2, 0) is 4.79 Å². The lowest BCUT2D eigenvalue weighted by molar-refractivity contribution is -0.123. The topological polar surface area (TPSA) is 69.6 Å². The largest absolute Gasteiger partial charge is 0.394 e. The van der Waals surface area contributed by atoms with E-state index in [-0.39, 0.29) is 12.5 Å². The first-order valence-corrected chi connectivity index (χ1v) is 14.9. The molecule has 0 aliphatic carbocycles. The van der Waals surface area contributed by atoms with Crippen LogP contribution in [0.3, 0.4) is 0 Å². The maximum Gasteiger partial charge on any atom is 0.220 e. The van der Waals surface area contributed by atoms with Crippen LogP contribution >= 0.6 is 0 Å². The lowest BCUT2D eigenvalue weighted by Gasteiger charge is -2.20. The maximum atomic E-state index is 12.2. The molecule has 4 nitrogen and oxygen atoms in total. The molecule has 0 heterocycles. The first-order valence-electron chi connectivity index (χ1n) is 14.9. The molecule has 34 heavy (non-hydrogen) atoms. The number of aliphatic hydroxyl groups excluding tert-OH is 2. The van der Waals surface area contributed by atoms with Crippen LogP contribution in [0, 0.1) is 0 Å². The molecule has 0 aromatic rings. The number of unbranched alkanes of at least 4 members (excludes halogenated alkanes) is 19. The summed E-state index contributed by atoms with van der Waals surface area (Å²) in [5.74, 6) is -0.0679. The Hall–Kier alpha value is -0.870. The summed E-state index contributed by atoms with van der Waals surface area (Å²) < 4.78 is 0. The molecule has 3 N–H and O–H groups in total. The highest BCUT2D eigenvalue weighted by Crippen LogP contribution is 2.13. The van der Waals surface area contributed by atoms with E-state index < -0.39 is 12.1 Å². The zero-order valence-corrected chi connectivity index (χ0v) is 22.9. The summed E-state index contributed by atoms with van der Waals surface area (Å²) in [7, 11) is 0. The Kier molecular flexibility index (Phi) is 26.0. The van der Waals surface area contributed by atoms with E-state index in [1.54, 1.807) is 6.08 Å². The van der Waals surface area contributed by atoms with Gasteiger partial charge in [0, 0.05) is 6.42 Å². The van der Waals surface area contributed by atoms with Crippen LogP contribution in [0.4, 0.5) is 0 Å². The van der Waals surface area contributed by atoms with Crippen molar-refractivity contribution in [1.29, 1.82) is 0 Å². The molecule has 202 valence electrons. The summed E-state index contributed by atoms with van der Waals surface area (Å²) in [5, 5.41) is 22.6. The normalized spacial score (nSPS) is 13.4. The summed E-state index contributed by atoms with van der Waals surface area (Å²) >= 11 is 0. The highest BCUT2D eigenvalue weighted by molar-refractivity contribution is 5.76. The van der Waals surface area contributed by atoms with Crippen molar-refractivity contribution in [2.24, 2.45) is 0 Å². The van der Waals surface area contributed by atoms with Crippen LogP contribution in [0.25, 0.3) is 0 Å². The molecule has 0 spiro atoms. The summed E-state index contributed by atoms with van der Waals surface area (Å²) in [5.41, 5.74) is 0. The molecule has 0 radical (unpaired) electrons. The Morgan fingerprint density at radius 3 is 1.53 bits per heavy atom. The maximum absolute atomic E-state index is 12.2. The van der Waals surface area contributed by atoms with E-state index in [4.69, 9.17) is 0 Å². The molecule has 0 aromatic carbocycles. The number of allylic oxidation sites excluding steroid dienone is 1. The third-order valence-corrected chi connectivity index (χ3v) is 6.77. The zero-order chi connectivity index (χ0) is 25.1. The van der Waals surface area contributed by atoms with Gasteiger partial charge in [-0.3, -0.25) is 4.79 Å². The van der Waals surface area contributed by atoms with Crippen molar-refractivity contribution in [2.75, 3.05) is 6.61 Å². The molecule has 1 amide bonds. The molecule has 0 aliphatic rings. The molecule has 0 unspecified atom stereocenters. The number of carbonyl (C=O) groups excluding carboxylic acids is 1. The molecule has 0 saturated carbocycles. The highest BCUT2D eigenvalue weighted by Gasteiger charge is 2.17. The van der Waals surface area contributed by atoms with Gasteiger partial charge in [0.2, 0.25) is 5.91 Å². The second-order valence-electron chi connectivity index (χ2n) is 10.2. The Morgan fingerprint density at radius 1 is 0.676 bits per heavy atom. The van der Waals surface area contributed by atoms with Gasteiger partial charge in [-0.25, -0.2) is 0 Å². The molecule has 0 aromatic heterocycles. The van der Waals surface area contributed by atoms with Crippen LogP contribution in [0.1, 0.15) is 155 Å². The number of nitrogens with one attached hydrogen (secondary N) is 1. The Balaban J connectivity index is 3.65. The molecular weight excluding hydrogens is 422 g/mol. The molecular formula is C30H59NO3. The minimum absolute atomic E-state index is 0.0679. The Labute approximate surface area is 212 Å². The molecule has 0 fully saturated rings. The van der Waals surface area contributed by atoms with Crippen molar-refractivity contribution in [3.05, 3.63) is 12.2 Å². The van der Waals surface area contributed by atoms with Gasteiger partial charge < -0.3 is 15.5 Å². The zero-order valence-electron chi connectivity index (χ0n) is 22.9. The summed E-state index contributed by atoms with van der Waals surface area (Å²) in [6, 6.07) is -0.611. The van der Waals surface area contributed by atoms with E-state index in [1.807, 2.05) is 6.08 Å². The fourth-order valence-electron chi connectivity index (χ4n) is 4.41. The van der Waals surface area contributed by atoms with Crippen molar-refractivity contribution in [3.63, 3.8) is 0 Å². The SMILES string of the molecule is CCCCCCCCC/C=C/[C@@H](O)[C@H](CO)NC(=O)CCCCCCCCCCCCCCC. The van der Waals surface area contributed by atoms with Gasteiger partial charge in [0.05, 0.1) is 18.8 Å². The average Bonchev–Trinajstić information content (AvgIpc) is 2.84. The molecule has 0 aliphatic heterocycles. The first kappa shape index (κ1) is 33.1. The predicted octanol–water partition coefficient (Wildman–Crippen LogP) is 8.00. The molecule has 2 atom stereocenters. The van der Waals surface area contributed by atoms with Crippen LogP contribution in [0.15, 0.2) is 12.2 Å². The standard InChI is InChI=1S/C30H59NO3/c1-3-5-7-9-11-13-14-15-16-18-20-22-24-26-30(34)31-28(27-32)29(33)25-23-21-19-17-12-10-8-6-4-2/h23,25,28-29,32-33H,3-22,24,26-27H2,1-2H3,(H,31,34)/b25-23+/t28-,29+/m0/s1. The number of hydrogen-bond acceptors (Lipinski definition) is 3. The lowest BCUT2D eigenvalue weighted by atomic mass is 10.0. The minimum atomic E-state index is -0.829. The quantitative estimate of drug-likeness (QED) is 0.0865. The van der Waals surface area contributed by atoms with Crippen molar-refractivity contribution < 1.29 is 15.0 Å². The average molecular weight is 482 g/mol. The number of hydrogen-bond donors (Lipinski definition) is 3. The van der Waals surface area contributed by atoms with Crippen LogP contribution < -0.4 is 5.32 Å². The van der Waals surface area contributed by atoms with Crippen molar-refractivity contribution in [3.8, 4) is 0 Å². The number of aliphatic hydroxyl groups is 2. The molecule has 4 heteroatoms. The van der Waals surface area contributed by atoms with Gasteiger partial charge in [0.15, 0.2) is 0 Å². The van der Waals surface area contributed by atoms with Crippen LogP contribution in [-0.4, -0.2) is 34.9 Å². The Morgan fingerprint density at radius 2 is 1.09 bits per heavy atom.